The maximum absolute atomic E-state index is 12.6. The van der Waals surface area contributed by atoms with Gasteiger partial charge in [-0.25, -0.2) is 13.1 Å². The predicted molar refractivity (Wildman–Crippen MR) is 83.0 cm³/mol. The molecule has 122 valence electrons. The lowest BCUT2D eigenvalue weighted by Gasteiger charge is -2.20. The van der Waals surface area contributed by atoms with Gasteiger partial charge in [0.25, 0.3) is 5.69 Å². The Bertz CT molecular complexity index is 660. The van der Waals surface area contributed by atoms with Crippen LogP contribution < -0.4 is 10.5 Å². The first-order valence-corrected chi connectivity index (χ1v) is 8.87. The smallest absolute Gasteiger partial charge is 0.270 e. The van der Waals surface area contributed by atoms with Gasteiger partial charge >= 0.3 is 0 Å². The molecule has 0 spiro atoms. The van der Waals surface area contributed by atoms with Crippen LogP contribution in [-0.2, 0) is 16.4 Å². The molecule has 2 unspecified atom stereocenters. The lowest BCUT2D eigenvalue weighted by molar-refractivity contribution is -0.385. The topological polar surface area (TPSA) is 115 Å². The number of aryl methyl sites for hydroxylation is 1. The van der Waals surface area contributed by atoms with Crippen LogP contribution in [0.15, 0.2) is 23.1 Å². The van der Waals surface area contributed by atoms with Crippen molar-refractivity contribution in [3.05, 3.63) is 33.9 Å². The maximum Gasteiger partial charge on any atom is 0.270 e. The molecule has 1 aliphatic rings. The Morgan fingerprint density at radius 1 is 1.41 bits per heavy atom. The van der Waals surface area contributed by atoms with Crippen molar-refractivity contribution in [2.75, 3.05) is 6.54 Å². The molecule has 1 saturated carbocycles. The SMILES string of the molecule is CCc1ccc([N+](=O)[O-])cc1S(=O)(=O)NC1CCCC1CN. The van der Waals surface area contributed by atoms with Crippen molar-refractivity contribution in [1.29, 1.82) is 0 Å². The van der Waals surface area contributed by atoms with Gasteiger partial charge in [-0.3, -0.25) is 10.1 Å². The van der Waals surface area contributed by atoms with Gasteiger partial charge in [0.1, 0.15) is 0 Å². The van der Waals surface area contributed by atoms with Crippen molar-refractivity contribution < 1.29 is 13.3 Å². The Morgan fingerprint density at radius 3 is 2.73 bits per heavy atom. The molecule has 0 saturated heterocycles. The molecule has 0 radical (unpaired) electrons. The number of hydrogen-bond donors (Lipinski definition) is 2. The number of rotatable bonds is 6. The van der Waals surface area contributed by atoms with E-state index in [0.29, 0.717) is 18.5 Å². The van der Waals surface area contributed by atoms with Gasteiger partial charge in [-0.15, -0.1) is 0 Å². The minimum absolute atomic E-state index is 0.00753. The van der Waals surface area contributed by atoms with Gasteiger partial charge in [-0.1, -0.05) is 19.4 Å². The van der Waals surface area contributed by atoms with Crippen LogP contribution in [0.1, 0.15) is 31.7 Å². The van der Waals surface area contributed by atoms with E-state index in [1.807, 2.05) is 6.92 Å². The van der Waals surface area contributed by atoms with Crippen LogP contribution in [0.2, 0.25) is 0 Å². The molecule has 1 aromatic rings. The van der Waals surface area contributed by atoms with E-state index in [2.05, 4.69) is 4.72 Å². The summed E-state index contributed by atoms with van der Waals surface area (Å²) in [6.45, 7) is 2.25. The molecule has 0 aliphatic heterocycles. The minimum Gasteiger partial charge on any atom is -0.330 e. The molecule has 0 aromatic heterocycles. The van der Waals surface area contributed by atoms with Gasteiger partial charge in [-0.05, 0) is 37.3 Å². The molecule has 8 heteroatoms. The summed E-state index contributed by atoms with van der Waals surface area (Å²) < 4.78 is 27.9. The molecule has 0 heterocycles. The van der Waals surface area contributed by atoms with Gasteiger partial charge in [0.2, 0.25) is 10.0 Å². The van der Waals surface area contributed by atoms with Crippen LogP contribution in [0.3, 0.4) is 0 Å². The molecular formula is C14H21N3O4S. The van der Waals surface area contributed by atoms with Crippen LogP contribution in [-0.4, -0.2) is 25.9 Å². The van der Waals surface area contributed by atoms with E-state index in [-0.39, 0.29) is 22.5 Å². The zero-order chi connectivity index (χ0) is 16.3. The molecule has 2 rings (SSSR count). The van der Waals surface area contributed by atoms with Crippen molar-refractivity contribution >= 4 is 15.7 Å². The van der Waals surface area contributed by atoms with E-state index in [1.165, 1.54) is 12.1 Å². The first-order chi connectivity index (χ1) is 10.4. The molecule has 0 bridgehead atoms. The van der Waals surface area contributed by atoms with Gasteiger partial charge in [-0.2, -0.15) is 0 Å². The summed E-state index contributed by atoms with van der Waals surface area (Å²) in [7, 11) is -3.80. The maximum atomic E-state index is 12.6. The average molecular weight is 327 g/mol. The Kier molecular flexibility index (Phi) is 5.15. The highest BCUT2D eigenvalue weighted by molar-refractivity contribution is 7.89. The summed E-state index contributed by atoms with van der Waals surface area (Å²) in [5.41, 5.74) is 6.02. The molecule has 2 atom stereocenters. The first kappa shape index (κ1) is 16.9. The van der Waals surface area contributed by atoms with E-state index in [9.17, 15) is 18.5 Å². The quantitative estimate of drug-likeness (QED) is 0.607. The van der Waals surface area contributed by atoms with Crippen molar-refractivity contribution in [3.8, 4) is 0 Å². The average Bonchev–Trinajstić information content (AvgIpc) is 2.92. The van der Waals surface area contributed by atoms with Crippen LogP contribution >= 0.6 is 0 Å². The van der Waals surface area contributed by atoms with Crippen LogP contribution in [0.25, 0.3) is 0 Å². The second kappa shape index (κ2) is 6.72. The van der Waals surface area contributed by atoms with E-state index in [1.54, 1.807) is 0 Å². The van der Waals surface area contributed by atoms with E-state index >= 15 is 0 Å². The third-order valence-electron chi connectivity index (χ3n) is 4.20. The third-order valence-corrected chi connectivity index (χ3v) is 5.77. The van der Waals surface area contributed by atoms with E-state index in [4.69, 9.17) is 5.73 Å². The summed E-state index contributed by atoms with van der Waals surface area (Å²) in [5, 5.41) is 10.9. The number of nitro benzene ring substituents is 1. The number of sulfonamides is 1. The Balaban J connectivity index is 2.35. The van der Waals surface area contributed by atoms with Crippen molar-refractivity contribution in [2.24, 2.45) is 11.7 Å². The van der Waals surface area contributed by atoms with Gasteiger partial charge in [0.05, 0.1) is 9.82 Å². The molecule has 3 N–H and O–H groups in total. The molecule has 0 amide bonds. The highest BCUT2D eigenvalue weighted by atomic mass is 32.2. The van der Waals surface area contributed by atoms with Crippen molar-refractivity contribution in [1.82, 2.24) is 4.72 Å². The fraction of sp³-hybridized carbons (Fsp3) is 0.571. The molecular weight excluding hydrogens is 306 g/mol. The highest BCUT2D eigenvalue weighted by Gasteiger charge is 2.31. The molecule has 1 aromatic carbocycles. The highest BCUT2D eigenvalue weighted by Crippen LogP contribution is 2.28. The molecule has 22 heavy (non-hydrogen) atoms. The molecule has 7 nitrogen and oxygen atoms in total. The van der Waals surface area contributed by atoms with E-state index < -0.39 is 14.9 Å². The monoisotopic (exact) mass is 327 g/mol. The number of nitrogens with two attached hydrogens (primary N) is 1. The largest absolute Gasteiger partial charge is 0.330 e. The number of nitrogens with one attached hydrogen (secondary N) is 1. The summed E-state index contributed by atoms with van der Waals surface area (Å²) in [6.07, 6.45) is 3.07. The zero-order valence-corrected chi connectivity index (χ0v) is 13.3. The third kappa shape index (κ3) is 3.45. The standard InChI is InChI=1S/C14H21N3O4S/c1-2-10-6-7-12(17(18)19)8-14(10)22(20,21)16-13-5-3-4-11(13)9-15/h6-8,11,13,16H,2-5,9,15H2,1H3. The zero-order valence-electron chi connectivity index (χ0n) is 12.5. The second-order valence-corrected chi connectivity index (χ2v) is 7.24. The molecule has 1 aliphatic carbocycles. The lowest BCUT2D eigenvalue weighted by Crippen LogP contribution is -2.40. The summed E-state index contributed by atoms with van der Waals surface area (Å²) in [5.74, 6) is 0.124. The van der Waals surface area contributed by atoms with Crippen LogP contribution in [0, 0.1) is 16.0 Å². The first-order valence-electron chi connectivity index (χ1n) is 7.38. The fourth-order valence-corrected chi connectivity index (χ4v) is 4.61. The lowest BCUT2D eigenvalue weighted by atomic mass is 10.1. The Morgan fingerprint density at radius 2 is 2.14 bits per heavy atom. The second-order valence-electron chi connectivity index (χ2n) is 5.56. The van der Waals surface area contributed by atoms with Crippen molar-refractivity contribution in [3.63, 3.8) is 0 Å². The van der Waals surface area contributed by atoms with Crippen LogP contribution in [0.5, 0.6) is 0 Å². The number of nitro groups is 1. The van der Waals surface area contributed by atoms with Gasteiger partial charge in [0.15, 0.2) is 0 Å². The number of nitrogens with zero attached hydrogens (tertiary/aromatic N) is 1. The van der Waals surface area contributed by atoms with E-state index in [0.717, 1.165) is 25.3 Å². The van der Waals surface area contributed by atoms with Crippen molar-refractivity contribution in [2.45, 2.75) is 43.5 Å². The summed E-state index contributed by atoms with van der Waals surface area (Å²) in [6, 6.07) is 3.77. The van der Waals surface area contributed by atoms with Crippen LogP contribution in [0.4, 0.5) is 5.69 Å². The normalized spacial score (nSPS) is 21.9. The predicted octanol–water partition coefficient (Wildman–Crippen LogP) is 1.56. The minimum atomic E-state index is -3.80. The van der Waals surface area contributed by atoms with Gasteiger partial charge in [0, 0.05) is 18.2 Å². The number of benzene rings is 1. The fourth-order valence-electron chi connectivity index (χ4n) is 2.94. The Labute approximate surface area is 130 Å². The summed E-state index contributed by atoms with van der Waals surface area (Å²) >= 11 is 0. The summed E-state index contributed by atoms with van der Waals surface area (Å²) in [4.78, 5) is 10.3. The molecule has 1 fully saturated rings. The number of non-ortho nitro benzene ring substituents is 1. The Hall–Kier alpha value is -1.51. The number of hydrogen-bond acceptors (Lipinski definition) is 5. The van der Waals surface area contributed by atoms with Gasteiger partial charge < -0.3 is 5.73 Å².